The van der Waals surface area contributed by atoms with Gasteiger partial charge in [0.1, 0.15) is 29.3 Å². The fourth-order valence-electron chi connectivity index (χ4n) is 8.59. The number of rotatable bonds is 11. The maximum absolute atomic E-state index is 2.69. The van der Waals surface area contributed by atoms with E-state index in [0.717, 1.165) is 32.1 Å². The van der Waals surface area contributed by atoms with Crippen LogP contribution in [0.5, 0.6) is 0 Å². The van der Waals surface area contributed by atoms with Crippen molar-refractivity contribution in [3.8, 4) is 0 Å². The predicted octanol–water partition coefficient (Wildman–Crippen LogP) is 11.7. The van der Waals surface area contributed by atoms with E-state index in [1.54, 1.807) is 0 Å². The van der Waals surface area contributed by atoms with Crippen LogP contribution in [0.4, 0.5) is 11.4 Å². The fraction of sp³-hybridized carbons (Fsp3) is 0.120. The summed E-state index contributed by atoms with van der Waals surface area (Å²) in [5, 5.41) is 9.52. The van der Waals surface area contributed by atoms with Crippen molar-refractivity contribution in [2.75, 3.05) is 16.0 Å². The van der Waals surface area contributed by atoms with Crippen molar-refractivity contribution in [1.29, 1.82) is 0 Å². The van der Waals surface area contributed by atoms with Gasteiger partial charge in [-0.05, 0) is 106 Å². The first kappa shape index (κ1) is 35.8. The summed E-state index contributed by atoms with van der Waals surface area (Å²) in [7, 11) is -1.95. The number of halogens is 1. The lowest BCUT2D eigenvalue weighted by molar-refractivity contribution is 0.532. The second-order valence-electron chi connectivity index (χ2n) is 14.3. The Bertz CT molecular complexity index is 2260. The van der Waals surface area contributed by atoms with Crippen molar-refractivity contribution >= 4 is 73.1 Å². The topological polar surface area (TPSA) is 6.48 Å². The third-order valence-electron chi connectivity index (χ3n) is 11.1. The highest BCUT2D eigenvalue weighted by molar-refractivity contribution is 8.93. The molecule has 0 amide bonds. The molecular formula is C50H45BrN2P+. The van der Waals surface area contributed by atoms with Gasteiger partial charge in [0.25, 0.3) is 0 Å². The quantitative estimate of drug-likeness (QED) is 0.121. The summed E-state index contributed by atoms with van der Waals surface area (Å²) < 4.78 is 0. The maximum atomic E-state index is 2.69. The van der Waals surface area contributed by atoms with Crippen molar-refractivity contribution in [1.82, 2.24) is 0 Å². The zero-order valence-corrected chi connectivity index (χ0v) is 33.0. The average Bonchev–Trinajstić information content (AvgIpc) is 3.51. The Labute approximate surface area is 330 Å². The van der Waals surface area contributed by atoms with E-state index >= 15 is 0 Å². The minimum atomic E-state index is -1.95. The highest BCUT2D eigenvalue weighted by Gasteiger charge is 2.45. The van der Waals surface area contributed by atoms with E-state index in [4.69, 9.17) is 0 Å². The van der Waals surface area contributed by atoms with Crippen molar-refractivity contribution in [2.45, 2.75) is 32.1 Å². The molecule has 0 atom stereocenters. The lowest BCUT2D eigenvalue weighted by Crippen LogP contribution is -2.43. The van der Waals surface area contributed by atoms with Crippen molar-refractivity contribution in [3.63, 3.8) is 0 Å². The van der Waals surface area contributed by atoms with E-state index in [1.807, 2.05) is 0 Å². The third kappa shape index (κ3) is 6.95. The highest BCUT2D eigenvalue weighted by Crippen LogP contribution is 2.56. The van der Waals surface area contributed by atoms with Gasteiger partial charge in [0.05, 0.1) is 17.5 Å². The van der Waals surface area contributed by atoms with Gasteiger partial charge in [0.2, 0.25) is 0 Å². The van der Waals surface area contributed by atoms with Crippen LogP contribution in [-0.4, -0.2) is 12.3 Å². The van der Waals surface area contributed by atoms with Crippen LogP contribution in [0.2, 0.25) is 0 Å². The largest absolute Gasteiger partial charge is 0.345 e. The molecule has 1 aliphatic rings. The molecule has 0 N–H and O–H groups in total. The molecule has 266 valence electrons. The first-order valence-electron chi connectivity index (χ1n) is 18.9. The van der Waals surface area contributed by atoms with Crippen LogP contribution in [0.15, 0.2) is 200 Å². The van der Waals surface area contributed by atoms with Crippen LogP contribution < -0.4 is 25.7 Å². The molecule has 9 rings (SSSR count). The number of fused-ring (bicyclic) bond motifs is 3. The SMILES string of the molecule is Br.c1ccc([P+](CCCC2N(Cc3ccc4ccccc4c3)c3ccccc3N2Cc2ccc3ccccc3c2)(c2ccccc2)c2ccccc2)cc1. The molecule has 1 heterocycles. The number of hydrogen-bond acceptors (Lipinski definition) is 2. The smallest absolute Gasteiger partial charge is 0.112 e. The Kier molecular flexibility index (Phi) is 10.6. The molecule has 0 radical (unpaired) electrons. The van der Waals surface area contributed by atoms with E-state index in [1.165, 1.54) is 60.0 Å². The molecule has 8 aromatic rings. The van der Waals surface area contributed by atoms with Crippen molar-refractivity contribution in [3.05, 3.63) is 211 Å². The first-order valence-corrected chi connectivity index (χ1v) is 20.9. The molecule has 8 aromatic carbocycles. The molecule has 54 heavy (non-hydrogen) atoms. The second kappa shape index (κ2) is 16.0. The highest BCUT2D eigenvalue weighted by atomic mass is 79.9. The van der Waals surface area contributed by atoms with Gasteiger partial charge in [0, 0.05) is 13.1 Å². The molecule has 0 spiro atoms. The van der Waals surface area contributed by atoms with Gasteiger partial charge in [-0.1, -0.05) is 140 Å². The van der Waals surface area contributed by atoms with Gasteiger partial charge in [-0.15, -0.1) is 17.0 Å². The molecular weight excluding hydrogens is 739 g/mol. The Hall–Kier alpha value is -5.21. The minimum absolute atomic E-state index is 0. The van der Waals surface area contributed by atoms with Gasteiger partial charge >= 0.3 is 0 Å². The molecule has 0 bridgehead atoms. The summed E-state index contributed by atoms with van der Waals surface area (Å²) in [6, 6.07) is 74.5. The Morgan fingerprint density at radius 2 is 0.759 bits per heavy atom. The zero-order chi connectivity index (χ0) is 35.5. The molecule has 0 saturated carbocycles. The van der Waals surface area contributed by atoms with E-state index in [0.29, 0.717) is 0 Å². The van der Waals surface area contributed by atoms with E-state index < -0.39 is 7.26 Å². The summed E-state index contributed by atoms with van der Waals surface area (Å²) in [4.78, 5) is 5.38. The van der Waals surface area contributed by atoms with E-state index in [2.05, 4.69) is 210 Å². The minimum Gasteiger partial charge on any atom is -0.345 e. The van der Waals surface area contributed by atoms with Gasteiger partial charge in [-0.25, -0.2) is 0 Å². The number of hydrogen-bond donors (Lipinski definition) is 0. The lowest BCUT2D eigenvalue weighted by Gasteiger charge is -2.34. The number of benzene rings is 8. The maximum Gasteiger partial charge on any atom is 0.112 e. The van der Waals surface area contributed by atoms with Crippen LogP contribution in [0.3, 0.4) is 0 Å². The van der Waals surface area contributed by atoms with Crippen molar-refractivity contribution in [2.24, 2.45) is 0 Å². The number of nitrogens with zero attached hydrogens (tertiary/aromatic N) is 2. The summed E-state index contributed by atoms with van der Waals surface area (Å²) in [6.45, 7) is 1.72. The molecule has 1 aliphatic heterocycles. The summed E-state index contributed by atoms with van der Waals surface area (Å²) in [5.41, 5.74) is 5.33. The molecule has 2 nitrogen and oxygen atoms in total. The molecule has 4 heteroatoms. The summed E-state index contributed by atoms with van der Waals surface area (Å²) in [6.07, 6.45) is 3.44. The molecule has 0 fully saturated rings. The fourth-order valence-corrected chi connectivity index (χ4v) is 13.0. The van der Waals surface area contributed by atoms with Crippen LogP contribution in [-0.2, 0) is 13.1 Å². The standard InChI is InChI=1S/C50H44N2P.BrH/c1-4-21-45(22-5-1)53(46-23-6-2-7-24-46,47-25-8-3-9-26-47)34-16-29-50-51(37-39-30-32-41-17-10-12-19-43(41)35-39)48-27-14-15-28-49(48)52(50)38-40-31-33-42-18-11-13-20-44(42)36-40;/h1-15,17-28,30-33,35-36,50H,16,29,34,37-38H2;1H/q+1;. The summed E-state index contributed by atoms with van der Waals surface area (Å²) >= 11 is 0. The van der Waals surface area contributed by atoms with Crippen LogP contribution in [0.1, 0.15) is 24.0 Å². The zero-order valence-electron chi connectivity index (χ0n) is 30.4. The van der Waals surface area contributed by atoms with Crippen molar-refractivity contribution < 1.29 is 0 Å². The van der Waals surface area contributed by atoms with Gasteiger partial charge in [-0.3, -0.25) is 0 Å². The first-order chi connectivity index (χ1) is 26.3. The molecule has 0 unspecified atom stereocenters. The number of anilines is 2. The second-order valence-corrected chi connectivity index (χ2v) is 17.9. The third-order valence-corrected chi connectivity index (χ3v) is 15.6. The van der Waals surface area contributed by atoms with Gasteiger partial charge in [-0.2, -0.15) is 0 Å². The summed E-state index contributed by atoms with van der Waals surface area (Å²) in [5.74, 6) is 0. The van der Waals surface area contributed by atoms with E-state index in [9.17, 15) is 0 Å². The number of para-hydroxylation sites is 2. The Morgan fingerprint density at radius 3 is 1.19 bits per heavy atom. The monoisotopic (exact) mass is 783 g/mol. The Balaban J connectivity index is 0.00000413. The van der Waals surface area contributed by atoms with Gasteiger partial charge < -0.3 is 9.80 Å². The predicted molar refractivity (Wildman–Crippen MR) is 240 cm³/mol. The van der Waals surface area contributed by atoms with Gasteiger partial charge in [0.15, 0.2) is 0 Å². The van der Waals surface area contributed by atoms with Crippen LogP contribution in [0.25, 0.3) is 21.5 Å². The molecule has 0 aliphatic carbocycles. The molecule has 0 saturated heterocycles. The molecule has 0 aromatic heterocycles. The lowest BCUT2D eigenvalue weighted by atomic mass is 10.1. The normalized spacial score (nSPS) is 12.9. The average molecular weight is 785 g/mol. The van der Waals surface area contributed by atoms with Crippen LogP contribution >= 0.6 is 24.2 Å². The van der Waals surface area contributed by atoms with Crippen LogP contribution in [0, 0.1) is 0 Å². The Morgan fingerprint density at radius 1 is 0.389 bits per heavy atom. The van der Waals surface area contributed by atoms with E-state index in [-0.39, 0.29) is 23.1 Å².